The summed E-state index contributed by atoms with van der Waals surface area (Å²) in [6.07, 6.45) is 3.52. The van der Waals surface area contributed by atoms with Crippen molar-refractivity contribution < 1.29 is 17.9 Å². The van der Waals surface area contributed by atoms with Gasteiger partial charge in [-0.05, 0) is 66.6 Å². The first-order chi connectivity index (χ1) is 20.5. The van der Waals surface area contributed by atoms with Crippen molar-refractivity contribution in [3.8, 4) is 11.4 Å². The van der Waals surface area contributed by atoms with E-state index in [1.807, 2.05) is 49.4 Å². The fourth-order valence-corrected chi connectivity index (χ4v) is 6.36. The van der Waals surface area contributed by atoms with Gasteiger partial charge in [0.2, 0.25) is 0 Å². The van der Waals surface area contributed by atoms with Crippen LogP contribution in [0.5, 0.6) is 5.75 Å². The third-order valence-electron chi connectivity index (χ3n) is 7.05. The highest BCUT2D eigenvalue weighted by Crippen LogP contribution is 2.37. The number of amides is 1. The van der Waals surface area contributed by atoms with Gasteiger partial charge in [-0.2, -0.15) is 22.1 Å². The third kappa shape index (κ3) is 6.31. The minimum Gasteiger partial charge on any atom is -0.497 e. The maximum Gasteiger partial charge on any atom is 0.282 e. The minimum atomic E-state index is -3.87. The van der Waals surface area contributed by atoms with E-state index >= 15 is 0 Å². The molecule has 1 aliphatic rings. The van der Waals surface area contributed by atoms with Crippen LogP contribution in [0.1, 0.15) is 46.0 Å². The number of nitrogens with zero attached hydrogens (tertiary/aromatic N) is 5. The van der Waals surface area contributed by atoms with Gasteiger partial charge in [-0.25, -0.2) is 4.68 Å². The normalized spacial score (nSPS) is 15.4. The highest BCUT2D eigenvalue weighted by atomic mass is 35.5. The highest BCUT2D eigenvalue weighted by molar-refractivity contribution is 7.86. The number of fused-ring (bicyclic) bond motifs is 1. The Balaban J connectivity index is 1.71. The van der Waals surface area contributed by atoms with Gasteiger partial charge < -0.3 is 10.1 Å². The van der Waals surface area contributed by atoms with Crippen molar-refractivity contribution in [3.63, 3.8) is 0 Å². The molecule has 5 rings (SSSR count). The number of pyridine rings is 1. The second-order valence-corrected chi connectivity index (χ2v) is 13.1. The average Bonchev–Trinajstić information content (AvgIpc) is 3.37. The van der Waals surface area contributed by atoms with Gasteiger partial charge in [0.15, 0.2) is 5.69 Å². The Morgan fingerprint density at radius 1 is 1.09 bits per heavy atom. The summed E-state index contributed by atoms with van der Waals surface area (Å²) >= 11 is 12.8. The molecule has 10 nitrogen and oxygen atoms in total. The molecule has 13 heteroatoms. The van der Waals surface area contributed by atoms with Crippen LogP contribution in [-0.2, 0) is 16.8 Å². The quantitative estimate of drug-likeness (QED) is 0.282. The molecule has 0 fully saturated rings. The number of aromatic nitrogens is 3. The van der Waals surface area contributed by atoms with Crippen LogP contribution in [0.25, 0.3) is 17.3 Å². The number of benzene rings is 2. The lowest BCUT2D eigenvalue weighted by Crippen LogP contribution is -2.43. The van der Waals surface area contributed by atoms with E-state index in [2.05, 4.69) is 10.3 Å². The Hall–Kier alpha value is -3.74. The summed E-state index contributed by atoms with van der Waals surface area (Å²) in [6.45, 7) is 1.77. The Labute approximate surface area is 260 Å². The molecule has 0 aliphatic carbocycles. The molecule has 0 bridgehead atoms. The zero-order chi connectivity index (χ0) is 30.9. The van der Waals surface area contributed by atoms with Gasteiger partial charge in [-0.3, -0.25) is 9.78 Å². The fourth-order valence-electron chi connectivity index (χ4n) is 4.82. The lowest BCUT2D eigenvalue weighted by molar-refractivity contribution is 0.0932. The summed E-state index contributed by atoms with van der Waals surface area (Å²) in [5, 5.41) is 8.46. The van der Waals surface area contributed by atoms with Crippen molar-refractivity contribution in [1.82, 2.24) is 28.7 Å². The summed E-state index contributed by atoms with van der Waals surface area (Å²) in [7, 11) is 0.649. The highest BCUT2D eigenvalue weighted by Gasteiger charge is 2.37. The van der Waals surface area contributed by atoms with Gasteiger partial charge in [-0.15, -0.1) is 0 Å². The Morgan fingerprint density at radius 2 is 1.84 bits per heavy atom. The van der Waals surface area contributed by atoms with Crippen molar-refractivity contribution in [1.29, 1.82) is 0 Å². The van der Waals surface area contributed by atoms with E-state index in [1.165, 1.54) is 18.4 Å². The molecule has 4 aromatic rings. The molecule has 1 aliphatic heterocycles. The van der Waals surface area contributed by atoms with Crippen molar-refractivity contribution in [2.45, 2.75) is 19.5 Å². The van der Waals surface area contributed by atoms with Crippen LogP contribution in [0.4, 0.5) is 0 Å². The van der Waals surface area contributed by atoms with Gasteiger partial charge in [-0.1, -0.05) is 41.4 Å². The summed E-state index contributed by atoms with van der Waals surface area (Å²) in [5.41, 5.74) is 3.66. The van der Waals surface area contributed by atoms with E-state index in [1.54, 1.807) is 42.3 Å². The van der Waals surface area contributed by atoms with E-state index < -0.39 is 22.2 Å². The summed E-state index contributed by atoms with van der Waals surface area (Å²) in [5.74, 6) is 0.202. The van der Waals surface area contributed by atoms with Crippen molar-refractivity contribution >= 4 is 51.0 Å². The van der Waals surface area contributed by atoms with E-state index in [0.29, 0.717) is 44.0 Å². The van der Waals surface area contributed by atoms with Crippen LogP contribution in [0.15, 0.2) is 66.9 Å². The molecular formula is C30H30Cl2N6O4S. The number of carbonyl (C=O) groups is 1. The van der Waals surface area contributed by atoms with E-state index in [4.69, 9.17) is 33.0 Å². The van der Waals surface area contributed by atoms with Crippen LogP contribution in [0.2, 0.25) is 10.0 Å². The largest absolute Gasteiger partial charge is 0.497 e. The SMILES string of the molecule is COc1ccc(C=C2CN(S(=O)(=O)N(C)C)Cc3c(C(=O)NC(C)c4ccccn4)nn(-c4ccc(Cl)cc4Cl)c32)cc1. The lowest BCUT2D eigenvalue weighted by Gasteiger charge is -2.31. The minimum absolute atomic E-state index is 0.0296. The van der Waals surface area contributed by atoms with Gasteiger partial charge in [0.05, 0.1) is 35.2 Å². The Bertz CT molecular complexity index is 1790. The maximum atomic E-state index is 13.8. The first-order valence-electron chi connectivity index (χ1n) is 13.3. The molecule has 1 unspecified atom stereocenters. The van der Waals surface area contributed by atoms with E-state index in [9.17, 15) is 13.2 Å². The van der Waals surface area contributed by atoms with Gasteiger partial charge in [0, 0.05) is 44.0 Å². The monoisotopic (exact) mass is 640 g/mol. The maximum absolute atomic E-state index is 13.8. The van der Waals surface area contributed by atoms with Crippen molar-refractivity contribution in [2.24, 2.45) is 0 Å². The molecule has 224 valence electrons. The number of nitrogens with one attached hydrogen (secondary N) is 1. The average molecular weight is 642 g/mol. The number of carbonyl (C=O) groups excluding carboxylic acids is 1. The second kappa shape index (κ2) is 12.5. The molecule has 0 saturated carbocycles. The van der Waals surface area contributed by atoms with Crippen molar-refractivity contribution in [3.05, 3.63) is 105 Å². The predicted octanol–water partition coefficient (Wildman–Crippen LogP) is 5.24. The molecule has 0 radical (unpaired) electrons. The number of hydrogen-bond donors (Lipinski definition) is 1. The number of hydrogen-bond acceptors (Lipinski definition) is 6. The first kappa shape index (κ1) is 30.7. The molecule has 2 aromatic carbocycles. The van der Waals surface area contributed by atoms with Crippen LogP contribution in [0.3, 0.4) is 0 Å². The zero-order valence-electron chi connectivity index (χ0n) is 24.0. The smallest absolute Gasteiger partial charge is 0.282 e. The van der Waals surface area contributed by atoms with E-state index in [0.717, 1.165) is 9.87 Å². The number of methoxy groups -OCH3 is 1. The standard InChI is InChI=1S/C30H30Cl2N6O4S/c1-19(26-7-5-6-14-33-26)34-30(39)28-24-18-37(43(40,41)36(2)3)17-21(15-20-8-11-23(42-4)12-9-20)29(24)38(35-28)27-13-10-22(31)16-25(27)32/h5-16,19H,17-18H2,1-4H3,(H,34,39). The fraction of sp³-hybridized carbons (Fsp3) is 0.233. The van der Waals surface area contributed by atoms with Crippen LogP contribution in [0, 0.1) is 0 Å². The second-order valence-electron chi connectivity index (χ2n) is 10.1. The molecule has 2 aromatic heterocycles. The zero-order valence-corrected chi connectivity index (χ0v) is 26.3. The topological polar surface area (TPSA) is 110 Å². The predicted molar refractivity (Wildman–Crippen MR) is 168 cm³/mol. The van der Waals surface area contributed by atoms with Crippen LogP contribution < -0.4 is 10.1 Å². The first-order valence-corrected chi connectivity index (χ1v) is 15.5. The van der Waals surface area contributed by atoms with Gasteiger partial charge in [0.25, 0.3) is 16.1 Å². The molecule has 0 spiro atoms. The van der Waals surface area contributed by atoms with Crippen LogP contribution in [-0.4, -0.2) is 65.4 Å². The summed E-state index contributed by atoms with van der Waals surface area (Å²) < 4.78 is 36.2. The van der Waals surface area contributed by atoms with Crippen LogP contribution >= 0.6 is 23.2 Å². The number of halogens is 2. The molecule has 0 saturated heterocycles. The Kier molecular flexibility index (Phi) is 8.91. The molecule has 43 heavy (non-hydrogen) atoms. The van der Waals surface area contributed by atoms with Gasteiger partial charge >= 0.3 is 0 Å². The lowest BCUT2D eigenvalue weighted by atomic mass is 9.98. The summed E-state index contributed by atoms with van der Waals surface area (Å²) in [6, 6.07) is 17.3. The number of rotatable bonds is 8. The number of ether oxygens (including phenoxy) is 1. The molecule has 1 N–H and O–H groups in total. The van der Waals surface area contributed by atoms with Gasteiger partial charge in [0.1, 0.15) is 5.75 Å². The third-order valence-corrected chi connectivity index (χ3v) is 9.42. The van der Waals surface area contributed by atoms with E-state index in [-0.39, 0.29) is 18.8 Å². The summed E-state index contributed by atoms with van der Waals surface area (Å²) in [4.78, 5) is 18.2. The molecule has 1 amide bonds. The molecule has 1 atom stereocenters. The Morgan fingerprint density at radius 3 is 2.47 bits per heavy atom. The molecular weight excluding hydrogens is 611 g/mol. The molecule has 3 heterocycles. The van der Waals surface area contributed by atoms with Crippen molar-refractivity contribution in [2.75, 3.05) is 27.7 Å².